The van der Waals surface area contributed by atoms with Gasteiger partial charge >= 0.3 is 0 Å². The van der Waals surface area contributed by atoms with Crippen LogP contribution in [-0.2, 0) is 0 Å². The van der Waals surface area contributed by atoms with E-state index < -0.39 is 0 Å². The molecule has 0 saturated carbocycles. The number of hydrogen-bond acceptors (Lipinski definition) is 3. The van der Waals surface area contributed by atoms with Gasteiger partial charge in [0.15, 0.2) is 5.65 Å². The predicted octanol–water partition coefficient (Wildman–Crippen LogP) is 3.00. The summed E-state index contributed by atoms with van der Waals surface area (Å²) in [5, 5.41) is 10.8. The van der Waals surface area contributed by atoms with Crippen LogP contribution in [0.3, 0.4) is 0 Å². The molecule has 0 atom stereocenters. The van der Waals surface area contributed by atoms with Gasteiger partial charge in [-0.25, -0.2) is 9.97 Å². The second-order valence-corrected chi connectivity index (χ2v) is 3.79. The van der Waals surface area contributed by atoms with Crippen molar-refractivity contribution in [1.82, 2.24) is 9.97 Å². The summed E-state index contributed by atoms with van der Waals surface area (Å²) in [4.78, 5) is 8.44. The van der Waals surface area contributed by atoms with E-state index in [2.05, 4.69) is 9.97 Å². The van der Waals surface area contributed by atoms with Gasteiger partial charge in [0.05, 0.1) is 0 Å². The molecule has 1 aromatic carbocycles. The lowest BCUT2D eigenvalue weighted by atomic mass is 10.1. The van der Waals surface area contributed by atoms with Crippen LogP contribution in [0.1, 0.15) is 0 Å². The van der Waals surface area contributed by atoms with Gasteiger partial charge in [0.25, 0.3) is 0 Å². The molecule has 3 heteroatoms. The third kappa shape index (κ3) is 1.72. The van der Waals surface area contributed by atoms with Crippen LogP contribution in [0.15, 0.2) is 54.9 Å². The zero-order valence-corrected chi connectivity index (χ0v) is 9.04. The van der Waals surface area contributed by atoms with Gasteiger partial charge in [-0.3, -0.25) is 0 Å². The van der Waals surface area contributed by atoms with E-state index in [1.807, 2.05) is 30.3 Å². The SMILES string of the molecule is Oc1ccccc1-c1cnc2ncccc2c1. The van der Waals surface area contributed by atoms with Gasteiger partial charge in [-0.2, -0.15) is 0 Å². The first-order chi connectivity index (χ1) is 8.34. The molecule has 0 radical (unpaired) electrons. The van der Waals surface area contributed by atoms with Gasteiger partial charge in [0, 0.05) is 28.9 Å². The number of rotatable bonds is 1. The molecule has 17 heavy (non-hydrogen) atoms. The summed E-state index contributed by atoms with van der Waals surface area (Å²) in [6, 6.07) is 13.0. The van der Waals surface area contributed by atoms with Crippen molar-refractivity contribution in [3.8, 4) is 16.9 Å². The molecule has 2 aromatic heterocycles. The van der Waals surface area contributed by atoms with Gasteiger partial charge in [-0.15, -0.1) is 0 Å². The summed E-state index contributed by atoms with van der Waals surface area (Å²) in [5.74, 6) is 0.262. The van der Waals surface area contributed by atoms with Crippen molar-refractivity contribution in [3.63, 3.8) is 0 Å². The lowest BCUT2D eigenvalue weighted by Crippen LogP contribution is -1.85. The fourth-order valence-corrected chi connectivity index (χ4v) is 1.83. The fraction of sp³-hybridized carbons (Fsp3) is 0. The molecule has 0 unspecified atom stereocenters. The highest BCUT2D eigenvalue weighted by molar-refractivity contribution is 5.82. The summed E-state index contributed by atoms with van der Waals surface area (Å²) in [6.07, 6.45) is 3.44. The molecule has 2 heterocycles. The number of pyridine rings is 2. The minimum Gasteiger partial charge on any atom is -0.507 e. The number of hydrogen-bond donors (Lipinski definition) is 1. The molecule has 0 aliphatic rings. The third-order valence-corrected chi connectivity index (χ3v) is 2.67. The Bertz CT molecular complexity index is 680. The van der Waals surface area contributed by atoms with Crippen molar-refractivity contribution >= 4 is 11.0 Å². The fourth-order valence-electron chi connectivity index (χ4n) is 1.83. The Labute approximate surface area is 98.4 Å². The zero-order chi connectivity index (χ0) is 11.7. The minimum atomic E-state index is 0.262. The Morgan fingerprint density at radius 3 is 2.71 bits per heavy atom. The highest BCUT2D eigenvalue weighted by atomic mass is 16.3. The summed E-state index contributed by atoms with van der Waals surface area (Å²) < 4.78 is 0. The Morgan fingerprint density at radius 1 is 0.941 bits per heavy atom. The summed E-state index contributed by atoms with van der Waals surface area (Å²) >= 11 is 0. The maximum Gasteiger partial charge on any atom is 0.159 e. The standard InChI is InChI=1S/C14H10N2O/c17-13-6-2-1-5-12(13)11-8-10-4-3-7-15-14(10)16-9-11/h1-9,17H. The molecule has 82 valence electrons. The van der Waals surface area contributed by atoms with Crippen molar-refractivity contribution in [2.24, 2.45) is 0 Å². The van der Waals surface area contributed by atoms with Crippen LogP contribution in [0.25, 0.3) is 22.2 Å². The van der Waals surface area contributed by atoms with Gasteiger partial charge in [0.2, 0.25) is 0 Å². The van der Waals surface area contributed by atoms with Gasteiger partial charge < -0.3 is 5.11 Å². The maximum absolute atomic E-state index is 9.79. The number of phenols is 1. The normalized spacial score (nSPS) is 10.6. The second-order valence-electron chi connectivity index (χ2n) is 3.79. The number of para-hydroxylation sites is 1. The minimum absolute atomic E-state index is 0.262. The molecule has 0 aliphatic carbocycles. The number of benzene rings is 1. The van der Waals surface area contributed by atoms with Crippen LogP contribution < -0.4 is 0 Å². The van der Waals surface area contributed by atoms with Crippen LogP contribution in [0.5, 0.6) is 5.75 Å². The van der Waals surface area contributed by atoms with E-state index in [1.165, 1.54) is 0 Å². The molecular formula is C14H10N2O. The van der Waals surface area contributed by atoms with Crippen LogP contribution in [0.2, 0.25) is 0 Å². The Balaban J connectivity index is 2.22. The third-order valence-electron chi connectivity index (χ3n) is 2.67. The van der Waals surface area contributed by atoms with Crippen LogP contribution in [0, 0.1) is 0 Å². The molecule has 0 aliphatic heterocycles. The van der Waals surface area contributed by atoms with E-state index >= 15 is 0 Å². The van der Waals surface area contributed by atoms with E-state index in [-0.39, 0.29) is 5.75 Å². The molecular weight excluding hydrogens is 212 g/mol. The van der Waals surface area contributed by atoms with Crippen LogP contribution in [0.4, 0.5) is 0 Å². The lowest BCUT2D eigenvalue weighted by molar-refractivity contribution is 0.477. The van der Waals surface area contributed by atoms with Crippen molar-refractivity contribution in [1.29, 1.82) is 0 Å². The lowest BCUT2D eigenvalue weighted by Gasteiger charge is -2.04. The quantitative estimate of drug-likeness (QED) is 0.688. The smallest absolute Gasteiger partial charge is 0.159 e. The van der Waals surface area contributed by atoms with Crippen molar-refractivity contribution in [3.05, 3.63) is 54.9 Å². The number of nitrogens with zero attached hydrogens (tertiary/aromatic N) is 2. The number of aromatic hydroxyl groups is 1. The molecule has 0 spiro atoms. The van der Waals surface area contributed by atoms with Gasteiger partial charge in [-0.05, 0) is 24.3 Å². The number of aromatic nitrogens is 2. The highest BCUT2D eigenvalue weighted by Gasteiger charge is 2.04. The molecule has 3 nitrogen and oxygen atoms in total. The predicted molar refractivity (Wildman–Crippen MR) is 66.6 cm³/mol. The Kier molecular flexibility index (Phi) is 2.22. The number of fused-ring (bicyclic) bond motifs is 1. The van der Waals surface area contributed by atoms with E-state index in [4.69, 9.17) is 0 Å². The monoisotopic (exact) mass is 222 g/mol. The first-order valence-electron chi connectivity index (χ1n) is 5.34. The zero-order valence-electron chi connectivity index (χ0n) is 9.04. The highest BCUT2D eigenvalue weighted by Crippen LogP contribution is 2.29. The largest absolute Gasteiger partial charge is 0.507 e. The first-order valence-corrected chi connectivity index (χ1v) is 5.34. The molecule has 0 bridgehead atoms. The molecule has 0 amide bonds. The Morgan fingerprint density at radius 2 is 1.82 bits per heavy atom. The second kappa shape index (κ2) is 3.87. The van der Waals surface area contributed by atoms with Gasteiger partial charge in [-0.1, -0.05) is 18.2 Å². The first kappa shape index (κ1) is 9.78. The van der Waals surface area contributed by atoms with Crippen molar-refractivity contribution < 1.29 is 5.11 Å². The average molecular weight is 222 g/mol. The van der Waals surface area contributed by atoms with E-state index in [1.54, 1.807) is 24.5 Å². The topological polar surface area (TPSA) is 46.0 Å². The van der Waals surface area contributed by atoms with Crippen LogP contribution >= 0.6 is 0 Å². The maximum atomic E-state index is 9.79. The van der Waals surface area contributed by atoms with Gasteiger partial charge in [0.1, 0.15) is 5.75 Å². The summed E-state index contributed by atoms with van der Waals surface area (Å²) in [6.45, 7) is 0. The molecule has 1 N–H and O–H groups in total. The average Bonchev–Trinajstić information content (AvgIpc) is 2.39. The van der Waals surface area contributed by atoms with E-state index in [0.717, 1.165) is 16.5 Å². The van der Waals surface area contributed by atoms with E-state index in [0.29, 0.717) is 5.65 Å². The molecule has 0 fully saturated rings. The molecule has 3 aromatic rings. The Hall–Kier alpha value is -2.42. The molecule has 0 saturated heterocycles. The summed E-state index contributed by atoms with van der Waals surface area (Å²) in [5.41, 5.74) is 2.39. The van der Waals surface area contributed by atoms with Crippen LogP contribution in [-0.4, -0.2) is 15.1 Å². The number of phenolic OH excluding ortho intramolecular Hbond substituents is 1. The van der Waals surface area contributed by atoms with Crippen molar-refractivity contribution in [2.45, 2.75) is 0 Å². The van der Waals surface area contributed by atoms with Crippen molar-refractivity contribution in [2.75, 3.05) is 0 Å². The molecule has 3 rings (SSSR count). The van der Waals surface area contributed by atoms with E-state index in [9.17, 15) is 5.11 Å². The summed E-state index contributed by atoms with van der Waals surface area (Å²) in [7, 11) is 0.